The van der Waals surface area contributed by atoms with Crippen molar-refractivity contribution in [3.8, 4) is 0 Å². The smallest absolute Gasteiger partial charge is 0.342 e. The molecule has 1 amide bonds. The van der Waals surface area contributed by atoms with Crippen molar-refractivity contribution in [1.29, 1.82) is 0 Å². The average molecular weight is 353 g/mol. The fraction of sp³-hybridized carbons (Fsp3) is 0.471. The molecule has 1 saturated heterocycles. The number of carbonyl (C=O) groups is 1. The van der Waals surface area contributed by atoms with E-state index in [1.54, 1.807) is 11.8 Å². The van der Waals surface area contributed by atoms with Gasteiger partial charge in [-0.15, -0.1) is 0 Å². The maximum atomic E-state index is 13.1. The molecule has 3 rings (SSSR count). The second-order valence-electron chi connectivity index (χ2n) is 6.19. The summed E-state index contributed by atoms with van der Waals surface area (Å²) in [6.07, 6.45) is -3.18. The number of piperidine rings is 1. The van der Waals surface area contributed by atoms with Gasteiger partial charge in [0.1, 0.15) is 0 Å². The zero-order valence-electron chi connectivity index (χ0n) is 13.7. The maximum Gasteiger partial charge on any atom is 0.416 e. The van der Waals surface area contributed by atoms with E-state index < -0.39 is 11.7 Å². The van der Waals surface area contributed by atoms with Crippen molar-refractivity contribution in [2.75, 3.05) is 13.1 Å². The van der Waals surface area contributed by atoms with E-state index >= 15 is 0 Å². The summed E-state index contributed by atoms with van der Waals surface area (Å²) in [4.78, 5) is 18.3. The molecular weight excluding hydrogens is 335 g/mol. The van der Waals surface area contributed by atoms with Crippen LogP contribution in [0.1, 0.15) is 41.6 Å². The first-order valence-corrected chi connectivity index (χ1v) is 8.07. The van der Waals surface area contributed by atoms with Gasteiger partial charge in [-0.3, -0.25) is 4.79 Å². The predicted molar refractivity (Wildman–Crippen MR) is 82.7 cm³/mol. The van der Waals surface area contributed by atoms with Gasteiger partial charge in [0, 0.05) is 13.1 Å². The van der Waals surface area contributed by atoms with Gasteiger partial charge in [0.25, 0.3) is 0 Å². The van der Waals surface area contributed by atoms with E-state index in [4.69, 9.17) is 4.52 Å². The number of rotatable bonds is 3. The Morgan fingerprint density at radius 2 is 2.12 bits per heavy atom. The van der Waals surface area contributed by atoms with Crippen LogP contribution in [0.5, 0.6) is 0 Å². The van der Waals surface area contributed by atoms with Crippen molar-refractivity contribution in [3.05, 3.63) is 47.1 Å². The summed E-state index contributed by atoms with van der Waals surface area (Å²) in [6.45, 7) is 2.62. The minimum atomic E-state index is -4.47. The van der Waals surface area contributed by atoms with Crippen molar-refractivity contribution in [2.24, 2.45) is 0 Å². The molecule has 2 heterocycles. The largest absolute Gasteiger partial charge is 0.416 e. The van der Waals surface area contributed by atoms with Crippen LogP contribution in [0.25, 0.3) is 0 Å². The van der Waals surface area contributed by atoms with E-state index in [1.807, 2.05) is 0 Å². The minimum Gasteiger partial charge on any atom is -0.342 e. The van der Waals surface area contributed by atoms with Crippen LogP contribution >= 0.6 is 0 Å². The van der Waals surface area contributed by atoms with E-state index in [2.05, 4.69) is 10.1 Å². The Labute approximate surface area is 142 Å². The number of hydrogen-bond donors (Lipinski definition) is 0. The highest BCUT2D eigenvalue weighted by Crippen LogP contribution is 2.32. The fourth-order valence-electron chi connectivity index (χ4n) is 3.11. The Hall–Kier alpha value is -2.38. The molecule has 25 heavy (non-hydrogen) atoms. The molecule has 1 atom stereocenters. The molecule has 0 radical (unpaired) electrons. The van der Waals surface area contributed by atoms with Crippen LogP contribution in [-0.4, -0.2) is 34.0 Å². The van der Waals surface area contributed by atoms with Gasteiger partial charge in [-0.2, -0.15) is 18.2 Å². The quantitative estimate of drug-likeness (QED) is 0.849. The van der Waals surface area contributed by atoms with Gasteiger partial charge in [-0.1, -0.05) is 23.4 Å². The lowest BCUT2D eigenvalue weighted by atomic mass is 9.96. The molecule has 0 spiro atoms. The number of aryl methyl sites for hydroxylation is 1. The Morgan fingerprint density at radius 1 is 1.36 bits per heavy atom. The van der Waals surface area contributed by atoms with Crippen molar-refractivity contribution in [2.45, 2.75) is 38.3 Å². The molecule has 1 aromatic carbocycles. The summed E-state index contributed by atoms with van der Waals surface area (Å²) in [5, 5.41) is 3.75. The first-order valence-electron chi connectivity index (χ1n) is 8.07. The van der Waals surface area contributed by atoms with Crippen LogP contribution in [0.3, 0.4) is 0 Å². The molecule has 8 heteroatoms. The van der Waals surface area contributed by atoms with E-state index in [0.717, 1.165) is 18.9 Å². The summed E-state index contributed by atoms with van der Waals surface area (Å²) in [5.41, 5.74) is -0.764. The van der Waals surface area contributed by atoms with Crippen LogP contribution in [0.15, 0.2) is 28.8 Å². The number of benzene rings is 1. The lowest BCUT2D eigenvalue weighted by Crippen LogP contribution is -2.40. The molecule has 2 aromatic rings. The summed E-state index contributed by atoms with van der Waals surface area (Å²) < 4.78 is 44.4. The second-order valence-corrected chi connectivity index (χ2v) is 6.19. The molecule has 1 fully saturated rings. The molecule has 1 aliphatic rings. The van der Waals surface area contributed by atoms with Crippen LogP contribution in [0.2, 0.25) is 0 Å². The van der Waals surface area contributed by atoms with Crippen LogP contribution < -0.4 is 0 Å². The van der Waals surface area contributed by atoms with Gasteiger partial charge < -0.3 is 9.42 Å². The average Bonchev–Trinajstić information content (AvgIpc) is 3.01. The molecule has 5 nitrogen and oxygen atoms in total. The van der Waals surface area contributed by atoms with Gasteiger partial charge in [-0.25, -0.2) is 0 Å². The second kappa shape index (κ2) is 6.85. The van der Waals surface area contributed by atoms with Gasteiger partial charge in [0.15, 0.2) is 5.82 Å². The Balaban J connectivity index is 1.71. The highest BCUT2D eigenvalue weighted by molar-refractivity contribution is 5.79. The lowest BCUT2D eigenvalue weighted by molar-refractivity contribution is -0.138. The number of alkyl halides is 3. The third kappa shape index (κ3) is 4.00. The molecule has 134 valence electrons. The first-order chi connectivity index (χ1) is 11.8. The van der Waals surface area contributed by atoms with Crippen molar-refractivity contribution < 1.29 is 22.5 Å². The third-order valence-electron chi connectivity index (χ3n) is 4.33. The van der Waals surface area contributed by atoms with E-state index in [1.165, 1.54) is 18.2 Å². The molecule has 0 saturated carbocycles. The SMILES string of the molecule is Cc1noc(C2CCCN(C(=O)Cc3ccccc3C(F)(F)F)C2)n1. The Kier molecular flexibility index (Phi) is 4.78. The molecule has 1 unspecified atom stereocenters. The van der Waals surface area contributed by atoms with E-state index in [-0.39, 0.29) is 23.8 Å². The number of aromatic nitrogens is 2. The minimum absolute atomic E-state index is 0.00393. The third-order valence-corrected chi connectivity index (χ3v) is 4.33. The van der Waals surface area contributed by atoms with Crippen molar-refractivity contribution >= 4 is 5.91 Å². The highest BCUT2D eigenvalue weighted by atomic mass is 19.4. The summed E-state index contributed by atoms with van der Waals surface area (Å²) >= 11 is 0. The highest BCUT2D eigenvalue weighted by Gasteiger charge is 2.34. The van der Waals surface area contributed by atoms with Gasteiger partial charge in [-0.05, 0) is 31.4 Å². The lowest BCUT2D eigenvalue weighted by Gasteiger charge is -2.31. The topological polar surface area (TPSA) is 59.2 Å². The molecule has 0 aliphatic carbocycles. The normalized spacial score (nSPS) is 18.4. The standard InChI is InChI=1S/C17H18F3N3O2/c1-11-21-16(25-22-11)13-6-4-8-23(10-13)15(24)9-12-5-2-3-7-14(12)17(18,19)20/h2-3,5,7,13H,4,6,8-10H2,1H3. The first kappa shape index (κ1) is 17.4. The molecule has 1 aliphatic heterocycles. The molecular formula is C17H18F3N3O2. The number of hydrogen-bond acceptors (Lipinski definition) is 4. The Morgan fingerprint density at radius 3 is 2.80 bits per heavy atom. The van der Waals surface area contributed by atoms with Crippen LogP contribution in [0.4, 0.5) is 13.2 Å². The van der Waals surface area contributed by atoms with Gasteiger partial charge in [0.05, 0.1) is 17.9 Å². The van der Waals surface area contributed by atoms with Crippen LogP contribution in [0, 0.1) is 6.92 Å². The number of nitrogens with zero attached hydrogens (tertiary/aromatic N) is 3. The summed E-state index contributed by atoms with van der Waals surface area (Å²) in [6, 6.07) is 5.19. The van der Waals surface area contributed by atoms with E-state index in [9.17, 15) is 18.0 Å². The predicted octanol–water partition coefficient (Wildman–Crippen LogP) is 3.35. The Bertz CT molecular complexity index is 758. The van der Waals surface area contributed by atoms with Gasteiger partial charge in [0.2, 0.25) is 11.8 Å². The molecule has 1 aromatic heterocycles. The molecule has 0 bridgehead atoms. The van der Waals surface area contributed by atoms with Crippen molar-refractivity contribution in [1.82, 2.24) is 15.0 Å². The monoisotopic (exact) mass is 353 g/mol. The zero-order chi connectivity index (χ0) is 18.0. The zero-order valence-corrected chi connectivity index (χ0v) is 13.7. The molecule has 0 N–H and O–H groups in total. The van der Waals surface area contributed by atoms with E-state index in [0.29, 0.717) is 24.8 Å². The van der Waals surface area contributed by atoms with Crippen LogP contribution in [-0.2, 0) is 17.4 Å². The number of amides is 1. The summed E-state index contributed by atoms with van der Waals surface area (Å²) in [7, 11) is 0. The number of halogens is 3. The van der Waals surface area contributed by atoms with Gasteiger partial charge >= 0.3 is 6.18 Å². The fourth-order valence-corrected chi connectivity index (χ4v) is 3.11. The number of likely N-dealkylation sites (tertiary alicyclic amines) is 1. The number of carbonyl (C=O) groups excluding carboxylic acids is 1. The maximum absolute atomic E-state index is 13.1. The van der Waals surface area contributed by atoms with Crippen molar-refractivity contribution in [3.63, 3.8) is 0 Å². The summed E-state index contributed by atoms with van der Waals surface area (Å²) in [5.74, 6) is 0.609.